The number of hydrogen-bond acceptors (Lipinski definition) is 1. The van der Waals surface area contributed by atoms with Crippen LogP contribution in [0.2, 0.25) is 0 Å². The monoisotopic (exact) mass is 199 g/mol. The molecule has 0 aliphatic rings. The Balaban J connectivity index is 4.17. The van der Waals surface area contributed by atoms with E-state index in [2.05, 4.69) is 11.9 Å². The smallest absolute Gasteiger partial charge is 0.223 e. The summed E-state index contributed by atoms with van der Waals surface area (Å²) in [4.78, 5) is 10.9. The van der Waals surface area contributed by atoms with Crippen molar-refractivity contribution in [1.82, 2.24) is 5.32 Å². The van der Waals surface area contributed by atoms with Gasteiger partial charge in [0.15, 0.2) is 0 Å². The Hall–Kier alpha value is -1.02. The zero-order valence-electron chi connectivity index (χ0n) is 7.93. The highest BCUT2D eigenvalue weighted by atomic mass is 35.5. The van der Waals surface area contributed by atoms with Gasteiger partial charge in [0.25, 0.3) is 0 Å². The largest absolute Gasteiger partial charge is 0.330 e. The predicted molar refractivity (Wildman–Crippen MR) is 56.3 cm³/mol. The molecule has 1 N–H and O–H groups in total. The molecular weight excluding hydrogens is 186 g/mol. The second-order valence-electron chi connectivity index (χ2n) is 2.51. The van der Waals surface area contributed by atoms with Crippen molar-refractivity contribution < 1.29 is 4.79 Å². The fourth-order valence-corrected chi connectivity index (χ4v) is 0.686. The Morgan fingerprint density at radius 3 is 2.62 bits per heavy atom. The molecular formula is C10H14ClNO. The molecule has 0 atom stereocenters. The highest BCUT2D eigenvalue weighted by molar-refractivity contribution is 6.31. The molecule has 0 bridgehead atoms. The molecule has 72 valence electrons. The molecule has 3 heteroatoms. The molecule has 0 heterocycles. The molecule has 0 spiro atoms. The van der Waals surface area contributed by atoms with Crippen LogP contribution in [-0.4, -0.2) is 5.91 Å². The van der Waals surface area contributed by atoms with Gasteiger partial charge in [-0.25, -0.2) is 0 Å². The standard InChI is InChI=1S/C10H14ClNO/c1-4-9(11)7-6-8(3)12-10(13)5-2/h4,6-7H,1,5H2,2-3H3,(H,12,13)/b8-6+,9-7+. The van der Waals surface area contributed by atoms with Crippen LogP contribution in [0.25, 0.3) is 0 Å². The lowest BCUT2D eigenvalue weighted by Crippen LogP contribution is -2.19. The summed E-state index contributed by atoms with van der Waals surface area (Å²) >= 11 is 5.67. The predicted octanol–water partition coefficient (Wildman–Crippen LogP) is 2.73. The van der Waals surface area contributed by atoms with Crippen LogP contribution < -0.4 is 5.32 Å². The molecule has 0 saturated carbocycles. The third-order valence-electron chi connectivity index (χ3n) is 1.35. The van der Waals surface area contributed by atoms with Gasteiger partial charge in [-0.3, -0.25) is 4.79 Å². The van der Waals surface area contributed by atoms with E-state index >= 15 is 0 Å². The van der Waals surface area contributed by atoms with Gasteiger partial charge in [0.1, 0.15) is 0 Å². The lowest BCUT2D eigenvalue weighted by atomic mass is 10.3. The second kappa shape index (κ2) is 6.49. The van der Waals surface area contributed by atoms with E-state index in [0.29, 0.717) is 11.5 Å². The average Bonchev–Trinajstić information content (AvgIpc) is 2.13. The summed E-state index contributed by atoms with van der Waals surface area (Å²) in [5.41, 5.74) is 0.770. The zero-order chi connectivity index (χ0) is 10.3. The molecule has 0 unspecified atom stereocenters. The van der Waals surface area contributed by atoms with E-state index in [1.165, 1.54) is 6.08 Å². The van der Waals surface area contributed by atoms with Crippen LogP contribution in [0.5, 0.6) is 0 Å². The van der Waals surface area contributed by atoms with Crippen LogP contribution >= 0.6 is 11.6 Å². The van der Waals surface area contributed by atoms with Gasteiger partial charge in [0.2, 0.25) is 5.91 Å². The normalized spacial score (nSPS) is 12.5. The van der Waals surface area contributed by atoms with Crippen LogP contribution in [-0.2, 0) is 4.79 Å². The number of nitrogens with one attached hydrogen (secondary N) is 1. The van der Waals surface area contributed by atoms with Crippen LogP contribution in [0.4, 0.5) is 0 Å². The maximum Gasteiger partial charge on any atom is 0.223 e. The molecule has 13 heavy (non-hydrogen) atoms. The summed E-state index contributed by atoms with van der Waals surface area (Å²) in [6, 6.07) is 0. The van der Waals surface area contributed by atoms with Crippen molar-refractivity contribution in [3.05, 3.63) is 35.5 Å². The Morgan fingerprint density at radius 2 is 2.15 bits per heavy atom. The van der Waals surface area contributed by atoms with Crippen molar-refractivity contribution >= 4 is 17.5 Å². The third kappa shape index (κ3) is 6.17. The summed E-state index contributed by atoms with van der Waals surface area (Å²) in [7, 11) is 0. The van der Waals surface area contributed by atoms with Crippen LogP contribution in [0.15, 0.2) is 35.5 Å². The number of carbonyl (C=O) groups excluding carboxylic acids is 1. The van der Waals surface area contributed by atoms with Gasteiger partial charge < -0.3 is 5.32 Å². The highest BCUT2D eigenvalue weighted by Crippen LogP contribution is 2.02. The SMILES string of the molecule is C=C/C(Cl)=C\C=C(/C)NC(=O)CC. The van der Waals surface area contributed by atoms with Gasteiger partial charge >= 0.3 is 0 Å². The van der Waals surface area contributed by atoms with Crippen molar-refractivity contribution in [2.75, 3.05) is 0 Å². The fraction of sp³-hybridized carbons (Fsp3) is 0.300. The molecule has 0 aliphatic heterocycles. The van der Waals surface area contributed by atoms with E-state index < -0.39 is 0 Å². The lowest BCUT2D eigenvalue weighted by Gasteiger charge is -2.00. The van der Waals surface area contributed by atoms with Gasteiger partial charge in [-0.05, 0) is 19.1 Å². The van der Waals surface area contributed by atoms with E-state index in [1.807, 2.05) is 0 Å². The average molecular weight is 200 g/mol. The Bertz CT molecular complexity index is 254. The molecule has 0 aromatic carbocycles. The van der Waals surface area contributed by atoms with Gasteiger partial charge in [-0.2, -0.15) is 0 Å². The summed E-state index contributed by atoms with van der Waals surface area (Å²) in [5.74, 6) is -0.00289. The van der Waals surface area contributed by atoms with Gasteiger partial charge in [0.05, 0.1) is 0 Å². The molecule has 0 radical (unpaired) electrons. The lowest BCUT2D eigenvalue weighted by molar-refractivity contribution is -0.120. The molecule has 0 aromatic rings. The van der Waals surface area contributed by atoms with Crippen molar-refractivity contribution in [1.29, 1.82) is 0 Å². The quantitative estimate of drug-likeness (QED) is 0.694. The first-order valence-corrected chi connectivity index (χ1v) is 4.44. The first-order chi connectivity index (χ1) is 6.10. The summed E-state index contributed by atoms with van der Waals surface area (Å²) < 4.78 is 0. The molecule has 0 fully saturated rings. The Kier molecular flexibility index (Phi) is 5.98. The van der Waals surface area contributed by atoms with E-state index in [1.54, 1.807) is 26.0 Å². The topological polar surface area (TPSA) is 29.1 Å². The van der Waals surface area contributed by atoms with Gasteiger partial charge in [-0.15, -0.1) is 0 Å². The number of hydrogen-bond donors (Lipinski definition) is 1. The van der Waals surface area contributed by atoms with Crippen molar-refractivity contribution in [3.8, 4) is 0 Å². The number of amides is 1. The maximum absolute atomic E-state index is 10.9. The van der Waals surface area contributed by atoms with Crippen LogP contribution in [0.3, 0.4) is 0 Å². The van der Waals surface area contributed by atoms with Gasteiger partial charge in [0, 0.05) is 17.2 Å². The Labute approximate surface area is 84.0 Å². The van der Waals surface area contributed by atoms with Gasteiger partial charge in [-0.1, -0.05) is 31.2 Å². The first-order valence-electron chi connectivity index (χ1n) is 4.06. The van der Waals surface area contributed by atoms with E-state index in [4.69, 9.17) is 11.6 Å². The van der Waals surface area contributed by atoms with Crippen molar-refractivity contribution in [3.63, 3.8) is 0 Å². The molecule has 0 rings (SSSR count). The zero-order valence-corrected chi connectivity index (χ0v) is 8.69. The first kappa shape index (κ1) is 12.0. The number of rotatable bonds is 4. The van der Waals surface area contributed by atoms with E-state index in [0.717, 1.165) is 5.70 Å². The summed E-state index contributed by atoms with van der Waals surface area (Å²) in [6.07, 6.45) is 5.43. The highest BCUT2D eigenvalue weighted by Gasteiger charge is 1.94. The molecule has 0 saturated heterocycles. The Morgan fingerprint density at radius 1 is 1.54 bits per heavy atom. The minimum Gasteiger partial charge on any atom is -0.330 e. The minimum atomic E-state index is -0.00289. The molecule has 2 nitrogen and oxygen atoms in total. The van der Waals surface area contributed by atoms with Crippen molar-refractivity contribution in [2.24, 2.45) is 0 Å². The minimum absolute atomic E-state index is 0.00289. The molecule has 0 aliphatic carbocycles. The summed E-state index contributed by atoms with van der Waals surface area (Å²) in [6.45, 7) is 7.10. The van der Waals surface area contributed by atoms with E-state index in [9.17, 15) is 4.79 Å². The number of allylic oxidation sites excluding steroid dienone is 5. The van der Waals surface area contributed by atoms with Crippen molar-refractivity contribution in [2.45, 2.75) is 20.3 Å². The number of halogens is 1. The van der Waals surface area contributed by atoms with Crippen LogP contribution in [0.1, 0.15) is 20.3 Å². The maximum atomic E-state index is 10.9. The number of carbonyl (C=O) groups is 1. The molecule has 1 amide bonds. The van der Waals surface area contributed by atoms with E-state index in [-0.39, 0.29) is 5.91 Å². The van der Waals surface area contributed by atoms with Crippen LogP contribution in [0, 0.1) is 0 Å². The third-order valence-corrected chi connectivity index (χ3v) is 1.63. The fourth-order valence-electron chi connectivity index (χ4n) is 0.623. The summed E-state index contributed by atoms with van der Waals surface area (Å²) in [5, 5.41) is 3.24. The molecule has 0 aromatic heterocycles. The second-order valence-corrected chi connectivity index (χ2v) is 2.94.